The molecule has 1 unspecified atom stereocenters. The Labute approximate surface area is 195 Å². The molecule has 33 heavy (non-hydrogen) atoms. The standard InChI is InChI=1S/C27H33NO5/c1-6-7-15-28-24(20-9-8-10-22(16-20)33-18(4)5)23(26(30)27(28)31)25(29)19-11-13-21(14-12-19)32-17(2)3/h8-14,16-18,24,29H,6-7,15H2,1-5H3/b25-23-. The van der Waals surface area contributed by atoms with E-state index in [-0.39, 0.29) is 23.5 Å². The summed E-state index contributed by atoms with van der Waals surface area (Å²) in [7, 11) is 0. The van der Waals surface area contributed by atoms with Gasteiger partial charge in [0.1, 0.15) is 17.3 Å². The molecule has 0 saturated carbocycles. The summed E-state index contributed by atoms with van der Waals surface area (Å²) in [6.07, 6.45) is 1.64. The minimum absolute atomic E-state index is 0.0155. The van der Waals surface area contributed by atoms with Gasteiger partial charge in [-0.3, -0.25) is 9.59 Å². The van der Waals surface area contributed by atoms with Crippen LogP contribution in [0.5, 0.6) is 11.5 Å². The maximum Gasteiger partial charge on any atom is 0.295 e. The van der Waals surface area contributed by atoms with E-state index in [2.05, 4.69) is 0 Å². The van der Waals surface area contributed by atoms with Crippen molar-refractivity contribution in [3.63, 3.8) is 0 Å². The van der Waals surface area contributed by atoms with Crippen LogP contribution in [0.15, 0.2) is 54.1 Å². The number of carbonyl (C=O) groups is 2. The van der Waals surface area contributed by atoms with Crippen molar-refractivity contribution in [2.45, 2.75) is 65.7 Å². The van der Waals surface area contributed by atoms with Crippen molar-refractivity contribution in [1.82, 2.24) is 4.90 Å². The molecule has 1 atom stereocenters. The van der Waals surface area contributed by atoms with Gasteiger partial charge < -0.3 is 19.5 Å². The van der Waals surface area contributed by atoms with Crippen LogP contribution in [0.1, 0.15) is 64.6 Å². The second-order valence-electron chi connectivity index (χ2n) is 8.78. The number of carbonyl (C=O) groups excluding carboxylic acids is 2. The molecule has 6 nitrogen and oxygen atoms in total. The van der Waals surface area contributed by atoms with Gasteiger partial charge in [0, 0.05) is 12.1 Å². The van der Waals surface area contributed by atoms with Crippen molar-refractivity contribution in [2.75, 3.05) is 6.54 Å². The number of hydrogen-bond acceptors (Lipinski definition) is 5. The lowest BCUT2D eigenvalue weighted by atomic mass is 9.95. The first-order valence-corrected chi connectivity index (χ1v) is 11.5. The Bertz CT molecular complexity index is 1020. The number of likely N-dealkylation sites (tertiary alicyclic amines) is 1. The highest BCUT2D eigenvalue weighted by atomic mass is 16.5. The largest absolute Gasteiger partial charge is 0.507 e. The number of aliphatic hydroxyl groups is 1. The van der Waals surface area contributed by atoms with E-state index in [0.29, 0.717) is 23.6 Å². The van der Waals surface area contributed by atoms with Crippen LogP contribution in [-0.2, 0) is 9.59 Å². The fourth-order valence-electron chi connectivity index (χ4n) is 3.93. The van der Waals surface area contributed by atoms with E-state index in [0.717, 1.165) is 18.4 Å². The Balaban J connectivity index is 2.08. The van der Waals surface area contributed by atoms with Crippen LogP contribution in [0.3, 0.4) is 0 Å². The molecule has 0 aromatic heterocycles. The molecule has 2 aromatic carbocycles. The smallest absolute Gasteiger partial charge is 0.295 e. The number of nitrogens with zero attached hydrogens (tertiary/aromatic N) is 1. The Kier molecular flexibility index (Phi) is 7.79. The number of aliphatic hydroxyl groups excluding tert-OH is 1. The van der Waals surface area contributed by atoms with Gasteiger partial charge in [0.25, 0.3) is 11.7 Å². The summed E-state index contributed by atoms with van der Waals surface area (Å²) >= 11 is 0. The number of amides is 1. The number of rotatable bonds is 9. The first-order valence-electron chi connectivity index (χ1n) is 11.5. The van der Waals surface area contributed by atoms with E-state index in [1.807, 2.05) is 58.9 Å². The van der Waals surface area contributed by atoms with Crippen molar-refractivity contribution in [3.05, 3.63) is 65.2 Å². The third-order valence-corrected chi connectivity index (χ3v) is 5.34. The second-order valence-corrected chi connectivity index (χ2v) is 8.78. The van der Waals surface area contributed by atoms with Gasteiger partial charge in [-0.25, -0.2) is 0 Å². The number of unbranched alkanes of at least 4 members (excludes halogenated alkanes) is 1. The lowest BCUT2D eigenvalue weighted by Gasteiger charge is -2.25. The zero-order valence-electron chi connectivity index (χ0n) is 20.0. The van der Waals surface area contributed by atoms with Crippen LogP contribution < -0.4 is 9.47 Å². The van der Waals surface area contributed by atoms with Crippen molar-refractivity contribution in [2.24, 2.45) is 0 Å². The van der Waals surface area contributed by atoms with Gasteiger partial charge in [-0.15, -0.1) is 0 Å². The average molecular weight is 452 g/mol. The topological polar surface area (TPSA) is 76.1 Å². The molecular weight excluding hydrogens is 418 g/mol. The quantitative estimate of drug-likeness (QED) is 0.310. The summed E-state index contributed by atoms with van der Waals surface area (Å²) in [5.41, 5.74) is 1.28. The molecule has 0 aliphatic carbocycles. The molecule has 1 saturated heterocycles. The molecule has 1 amide bonds. The summed E-state index contributed by atoms with van der Waals surface area (Å²) in [5.74, 6) is -0.140. The van der Waals surface area contributed by atoms with E-state index in [1.165, 1.54) is 0 Å². The van der Waals surface area contributed by atoms with Crippen molar-refractivity contribution in [1.29, 1.82) is 0 Å². The third kappa shape index (κ3) is 5.56. The van der Waals surface area contributed by atoms with E-state index in [4.69, 9.17) is 9.47 Å². The number of benzene rings is 2. The highest BCUT2D eigenvalue weighted by Crippen LogP contribution is 2.40. The second kappa shape index (κ2) is 10.6. The van der Waals surface area contributed by atoms with Crippen LogP contribution in [0.2, 0.25) is 0 Å². The summed E-state index contributed by atoms with van der Waals surface area (Å²) < 4.78 is 11.5. The van der Waals surface area contributed by atoms with Crippen molar-refractivity contribution < 1.29 is 24.2 Å². The van der Waals surface area contributed by atoms with E-state index in [9.17, 15) is 14.7 Å². The van der Waals surface area contributed by atoms with Crippen LogP contribution in [-0.4, -0.2) is 40.4 Å². The molecule has 1 aliphatic heterocycles. The normalized spacial score (nSPS) is 17.8. The minimum atomic E-state index is -0.682. The van der Waals surface area contributed by atoms with Gasteiger partial charge in [0.2, 0.25) is 0 Å². The summed E-state index contributed by atoms with van der Waals surface area (Å²) in [6.45, 7) is 10.2. The van der Waals surface area contributed by atoms with Gasteiger partial charge in [0.05, 0.1) is 23.8 Å². The Morgan fingerprint density at radius 3 is 2.21 bits per heavy atom. The van der Waals surface area contributed by atoms with Gasteiger partial charge in [-0.2, -0.15) is 0 Å². The SMILES string of the molecule is CCCCN1C(=O)C(=O)/C(=C(\O)c2ccc(OC(C)C)cc2)C1c1cccc(OC(C)C)c1. The van der Waals surface area contributed by atoms with E-state index < -0.39 is 17.7 Å². The zero-order chi connectivity index (χ0) is 24.1. The molecule has 0 bridgehead atoms. The van der Waals surface area contributed by atoms with Gasteiger partial charge in [-0.1, -0.05) is 25.5 Å². The fourth-order valence-corrected chi connectivity index (χ4v) is 3.93. The van der Waals surface area contributed by atoms with Gasteiger partial charge >= 0.3 is 0 Å². The lowest BCUT2D eigenvalue weighted by Crippen LogP contribution is -2.30. The molecule has 1 aliphatic rings. The molecular formula is C27H33NO5. The average Bonchev–Trinajstić information content (AvgIpc) is 3.02. The number of hydrogen-bond donors (Lipinski definition) is 1. The molecule has 2 aromatic rings. The molecule has 0 spiro atoms. The molecule has 0 radical (unpaired) electrons. The van der Waals surface area contributed by atoms with E-state index in [1.54, 1.807) is 29.2 Å². The van der Waals surface area contributed by atoms with Gasteiger partial charge in [-0.05, 0) is 76.1 Å². The van der Waals surface area contributed by atoms with Crippen LogP contribution in [0.4, 0.5) is 0 Å². The molecule has 1 heterocycles. The predicted octanol–water partition coefficient (Wildman–Crippen LogP) is 5.48. The first-order chi connectivity index (χ1) is 15.7. The maximum absolute atomic E-state index is 13.1. The lowest BCUT2D eigenvalue weighted by molar-refractivity contribution is -0.139. The maximum atomic E-state index is 13.1. The Morgan fingerprint density at radius 2 is 1.61 bits per heavy atom. The summed E-state index contributed by atoms with van der Waals surface area (Å²) in [6, 6.07) is 13.6. The highest BCUT2D eigenvalue weighted by molar-refractivity contribution is 6.46. The number of Topliss-reactive ketones (excluding diaryl/α,β-unsaturated/α-hetero) is 1. The first kappa shape index (κ1) is 24.4. The van der Waals surface area contributed by atoms with Crippen LogP contribution in [0, 0.1) is 0 Å². The molecule has 3 rings (SSSR count). The predicted molar refractivity (Wildman–Crippen MR) is 128 cm³/mol. The van der Waals surface area contributed by atoms with Crippen LogP contribution >= 0.6 is 0 Å². The number of ether oxygens (including phenoxy) is 2. The highest BCUT2D eigenvalue weighted by Gasteiger charge is 2.45. The van der Waals surface area contributed by atoms with E-state index >= 15 is 0 Å². The van der Waals surface area contributed by atoms with Gasteiger partial charge in [0.15, 0.2) is 0 Å². The molecule has 6 heteroatoms. The van der Waals surface area contributed by atoms with Crippen molar-refractivity contribution >= 4 is 17.4 Å². The molecule has 1 fully saturated rings. The Morgan fingerprint density at radius 1 is 0.970 bits per heavy atom. The van der Waals surface area contributed by atoms with Crippen molar-refractivity contribution in [3.8, 4) is 11.5 Å². The molecule has 1 N–H and O–H groups in total. The zero-order valence-corrected chi connectivity index (χ0v) is 20.0. The summed E-state index contributed by atoms with van der Waals surface area (Å²) in [4.78, 5) is 27.6. The summed E-state index contributed by atoms with van der Waals surface area (Å²) in [5, 5.41) is 11.2. The molecule has 176 valence electrons. The fraction of sp³-hybridized carbons (Fsp3) is 0.407. The third-order valence-electron chi connectivity index (χ3n) is 5.34. The van der Waals surface area contributed by atoms with Crippen LogP contribution in [0.25, 0.3) is 5.76 Å². The monoisotopic (exact) mass is 451 g/mol. The Hall–Kier alpha value is -3.28. The minimum Gasteiger partial charge on any atom is -0.507 e. The number of ketones is 1.